The van der Waals surface area contributed by atoms with Crippen LogP contribution in [0.4, 0.5) is 6.01 Å². The van der Waals surface area contributed by atoms with Crippen molar-refractivity contribution < 1.29 is 9.21 Å². The van der Waals surface area contributed by atoms with Crippen LogP contribution in [0.3, 0.4) is 0 Å². The van der Waals surface area contributed by atoms with Crippen LogP contribution in [0.1, 0.15) is 10.6 Å². The first kappa shape index (κ1) is 13.5. The van der Waals surface area contributed by atoms with E-state index in [0.29, 0.717) is 18.0 Å². The molecule has 0 bridgehead atoms. The molecule has 0 saturated carbocycles. The molecule has 1 amide bonds. The maximum atomic E-state index is 11.8. The van der Waals surface area contributed by atoms with Crippen molar-refractivity contribution in [3.05, 3.63) is 34.2 Å². The largest absolute Gasteiger partial charge is 0.401 e. The van der Waals surface area contributed by atoms with E-state index in [2.05, 4.69) is 20.6 Å². The SMILES string of the molecule is Cc1cc(-c2nnc(NC(=O)Cc3cccs3)o2)n(C)n1. The Morgan fingerprint density at radius 1 is 1.48 bits per heavy atom. The third-order valence-corrected chi connectivity index (χ3v) is 3.68. The Hall–Kier alpha value is -2.48. The number of carbonyl (C=O) groups excluding carboxylic acids is 1. The third-order valence-electron chi connectivity index (χ3n) is 2.81. The molecule has 0 spiro atoms. The molecule has 0 aromatic carbocycles. The number of amides is 1. The number of nitrogens with one attached hydrogen (secondary N) is 1. The van der Waals surface area contributed by atoms with E-state index in [1.165, 1.54) is 11.3 Å². The summed E-state index contributed by atoms with van der Waals surface area (Å²) < 4.78 is 7.09. The first-order chi connectivity index (χ1) is 10.1. The molecule has 3 aromatic heterocycles. The van der Waals surface area contributed by atoms with E-state index < -0.39 is 0 Å². The maximum Gasteiger partial charge on any atom is 0.322 e. The topological polar surface area (TPSA) is 85.8 Å². The fraction of sp³-hybridized carbons (Fsp3) is 0.231. The van der Waals surface area contributed by atoms with Crippen LogP contribution in [-0.2, 0) is 18.3 Å². The van der Waals surface area contributed by atoms with Crippen LogP contribution in [0.2, 0.25) is 0 Å². The summed E-state index contributed by atoms with van der Waals surface area (Å²) in [5, 5.41) is 16.5. The minimum atomic E-state index is -0.186. The number of aromatic nitrogens is 4. The molecule has 21 heavy (non-hydrogen) atoms. The zero-order chi connectivity index (χ0) is 14.8. The summed E-state index contributed by atoms with van der Waals surface area (Å²) in [5.74, 6) is 0.137. The standard InChI is InChI=1S/C13H13N5O2S/c1-8-6-10(18(2)17-8)12-15-16-13(20-12)14-11(19)7-9-4-3-5-21-9/h3-6H,7H2,1-2H3,(H,14,16,19). The predicted molar refractivity (Wildman–Crippen MR) is 77.9 cm³/mol. The lowest BCUT2D eigenvalue weighted by Gasteiger charge is -1.98. The normalized spacial score (nSPS) is 10.8. The van der Waals surface area contributed by atoms with Gasteiger partial charge in [-0.2, -0.15) is 5.10 Å². The summed E-state index contributed by atoms with van der Waals surface area (Å²) in [5.41, 5.74) is 1.56. The molecule has 7 nitrogen and oxygen atoms in total. The van der Waals surface area contributed by atoms with Crippen molar-refractivity contribution >= 4 is 23.3 Å². The zero-order valence-corrected chi connectivity index (χ0v) is 12.3. The molecular formula is C13H13N5O2S. The predicted octanol–water partition coefficient (Wildman–Crippen LogP) is 2.02. The second-order valence-corrected chi connectivity index (χ2v) is 5.54. The van der Waals surface area contributed by atoms with Gasteiger partial charge in [0.1, 0.15) is 5.69 Å². The lowest BCUT2D eigenvalue weighted by molar-refractivity contribution is -0.115. The molecule has 1 N–H and O–H groups in total. The number of hydrogen-bond donors (Lipinski definition) is 1. The number of hydrogen-bond acceptors (Lipinski definition) is 6. The molecule has 0 unspecified atom stereocenters. The molecule has 108 valence electrons. The Morgan fingerprint density at radius 3 is 3.00 bits per heavy atom. The Bertz CT molecular complexity index is 759. The van der Waals surface area contributed by atoms with Gasteiger partial charge in [0.15, 0.2) is 0 Å². The van der Waals surface area contributed by atoms with E-state index in [4.69, 9.17) is 4.42 Å². The van der Waals surface area contributed by atoms with E-state index in [0.717, 1.165) is 10.6 Å². The highest BCUT2D eigenvalue weighted by molar-refractivity contribution is 7.10. The van der Waals surface area contributed by atoms with Crippen molar-refractivity contribution in [2.75, 3.05) is 5.32 Å². The number of nitrogens with zero attached hydrogens (tertiary/aromatic N) is 4. The first-order valence-corrected chi connectivity index (χ1v) is 7.16. The van der Waals surface area contributed by atoms with Gasteiger partial charge in [0.2, 0.25) is 5.91 Å². The van der Waals surface area contributed by atoms with Gasteiger partial charge in [-0.05, 0) is 24.4 Å². The number of carbonyl (C=O) groups is 1. The molecule has 0 atom stereocenters. The first-order valence-electron chi connectivity index (χ1n) is 6.28. The Kier molecular flexibility index (Phi) is 3.53. The van der Waals surface area contributed by atoms with Crippen molar-refractivity contribution in [2.24, 2.45) is 7.05 Å². The Labute approximate surface area is 124 Å². The molecule has 0 saturated heterocycles. The Balaban J connectivity index is 1.70. The molecule has 3 heterocycles. The lowest BCUT2D eigenvalue weighted by Crippen LogP contribution is -2.13. The average molecular weight is 303 g/mol. The van der Waals surface area contributed by atoms with Crippen molar-refractivity contribution in [1.82, 2.24) is 20.0 Å². The lowest BCUT2D eigenvalue weighted by atomic mass is 10.3. The van der Waals surface area contributed by atoms with Crippen molar-refractivity contribution in [1.29, 1.82) is 0 Å². The van der Waals surface area contributed by atoms with E-state index in [1.807, 2.05) is 30.5 Å². The summed E-state index contributed by atoms with van der Waals surface area (Å²) >= 11 is 1.53. The van der Waals surface area contributed by atoms with Crippen LogP contribution in [0.25, 0.3) is 11.6 Å². The summed E-state index contributed by atoms with van der Waals surface area (Å²) in [4.78, 5) is 12.8. The van der Waals surface area contributed by atoms with Gasteiger partial charge >= 0.3 is 6.01 Å². The highest BCUT2D eigenvalue weighted by Gasteiger charge is 2.15. The highest BCUT2D eigenvalue weighted by Crippen LogP contribution is 2.20. The van der Waals surface area contributed by atoms with E-state index in [1.54, 1.807) is 11.7 Å². The molecule has 3 aromatic rings. The van der Waals surface area contributed by atoms with Gasteiger partial charge in [-0.15, -0.1) is 16.4 Å². The molecule has 0 aliphatic rings. The number of anilines is 1. The summed E-state index contributed by atoms with van der Waals surface area (Å²) in [6.07, 6.45) is 0.292. The van der Waals surface area contributed by atoms with Crippen LogP contribution in [0, 0.1) is 6.92 Å². The Morgan fingerprint density at radius 2 is 2.33 bits per heavy atom. The van der Waals surface area contributed by atoms with Crippen LogP contribution < -0.4 is 5.32 Å². The summed E-state index contributed by atoms with van der Waals surface area (Å²) in [7, 11) is 1.79. The van der Waals surface area contributed by atoms with E-state index >= 15 is 0 Å². The van der Waals surface area contributed by atoms with Crippen LogP contribution in [0.5, 0.6) is 0 Å². The second kappa shape index (κ2) is 5.49. The smallest absolute Gasteiger partial charge is 0.322 e. The highest BCUT2D eigenvalue weighted by atomic mass is 32.1. The fourth-order valence-corrected chi connectivity index (χ4v) is 2.63. The van der Waals surface area contributed by atoms with Crippen LogP contribution in [0.15, 0.2) is 28.0 Å². The monoisotopic (exact) mass is 303 g/mol. The number of aryl methyl sites for hydroxylation is 2. The van der Waals surface area contributed by atoms with E-state index in [9.17, 15) is 4.79 Å². The van der Waals surface area contributed by atoms with Gasteiger partial charge in [0.25, 0.3) is 5.89 Å². The molecule has 8 heteroatoms. The fourth-order valence-electron chi connectivity index (χ4n) is 1.92. The van der Waals surface area contributed by atoms with Gasteiger partial charge in [-0.25, -0.2) is 0 Å². The van der Waals surface area contributed by atoms with Gasteiger partial charge in [-0.3, -0.25) is 14.8 Å². The number of rotatable bonds is 4. The molecule has 0 aliphatic heterocycles. The third kappa shape index (κ3) is 3.00. The van der Waals surface area contributed by atoms with Gasteiger partial charge in [0, 0.05) is 11.9 Å². The van der Waals surface area contributed by atoms with Gasteiger partial charge in [-0.1, -0.05) is 11.2 Å². The van der Waals surface area contributed by atoms with Crippen molar-refractivity contribution in [3.8, 4) is 11.6 Å². The van der Waals surface area contributed by atoms with E-state index in [-0.39, 0.29) is 11.9 Å². The minimum Gasteiger partial charge on any atom is -0.401 e. The maximum absolute atomic E-state index is 11.8. The minimum absolute atomic E-state index is 0.0883. The molecular weight excluding hydrogens is 290 g/mol. The number of thiophene rings is 1. The molecule has 3 rings (SSSR count). The van der Waals surface area contributed by atoms with Crippen LogP contribution >= 0.6 is 11.3 Å². The molecule has 0 radical (unpaired) electrons. The van der Waals surface area contributed by atoms with Gasteiger partial charge < -0.3 is 4.42 Å². The second-order valence-electron chi connectivity index (χ2n) is 4.51. The van der Waals surface area contributed by atoms with Crippen LogP contribution in [-0.4, -0.2) is 25.9 Å². The van der Waals surface area contributed by atoms with Crippen molar-refractivity contribution in [2.45, 2.75) is 13.3 Å². The molecule has 0 aliphatic carbocycles. The summed E-state index contributed by atoms with van der Waals surface area (Å²) in [6.45, 7) is 1.88. The molecule has 0 fully saturated rings. The van der Waals surface area contributed by atoms with Crippen molar-refractivity contribution in [3.63, 3.8) is 0 Å². The quantitative estimate of drug-likeness (QED) is 0.797. The van der Waals surface area contributed by atoms with Gasteiger partial charge in [0.05, 0.1) is 12.1 Å². The zero-order valence-electron chi connectivity index (χ0n) is 11.5. The summed E-state index contributed by atoms with van der Waals surface area (Å²) in [6, 6.07) is 5.74. The average Bonchev–Trinajstić information content (AvgIpc) is 3.12.